The first-order valence-electron chi connectivity index (χ1n) is 9.70. The van der Waals surface area contributed by atoms with Gasteiger partial charge in [-0.3, -0.25) is 4.79 Å². The van der Waals surface area contributed by atoms with Gasteiger partial charge in [-0.2, -0.15) is 0 Å². The van der Waals surface area contributed by atoms with Gasteiger partial charge < -0.3 is 24.1 Å². The molecule has 0 radical (unpaired) electrons. The molecule has 1 aromatic carbocycles. The van der Waals surface area contributed by atoms with E-state index in [1.807, 2.05) is 19.1 Å². The van der Waals surface area contributed by atoms with E-state index in [0.29, 0.717) is 31.0 Å². The van der Waals surface area contributed by atoms with Crippen LogP contribution in [-0.2, 0) is 9.47 Å². The SMILES string of the molecule is CO/C(C)=C1\CC(NC(=O)c2ccc3occc3c2)=N\C1=C(\C)N1CCOCC1. The zero-order valence-electron chi connectivity index (χ0n) is 16.9. The lowest BCUT2D eigenvalue weighted by Gasteiger charge is -2.30. The third-order valence-electron chi connectivity index (χ3n) is 5.41. The molecule has 1 amide bonds. The molecule has 7 heteroatoms. The van der Waals surface area contributed by atoms with Crippen LogP contribution < -0.4 is 5.32 Å². The minimum absolute atomic E-state index is 0.188. The number of amides is 1. The van der Waals surface area contributed by atoms with Gasteiger partial charge in [0.25, 0.3) is 5.91 Å². The van der Waals surface area contributed by atoms with Gasteiger partial charge in [0.15, 0.2) is 0 Å². The highest BCUT2D eigenvalue weighted by Crippen LogP contribution is 2.31. The van der Waals surface area contributed by atoms with Crippen LogP contribution in [0.2, 0.25) is 0 Å². The number of benzene rings is 1. The van der Waals surface area contributed by atoms with Crippen LogP contribution in [0.3, 0.4) is 0 Å². The van der Waals surface area contributed by atoms with E-state index in [1.54, 1.807) is 25.5 Å². The van der Waals surface area contributed by atoms with Gasteiger partial charge in [-0.1, -0.05) is 0 Å². The number of allylic oxidation sites excluding steroid dienone is 3. The fourth-order valence-corrected chi connectivity index (χ4v) is 3.64. The Kier molecular flexibility index (Phi) is 5.40. The number of rotatable bonds is 3. The van der Waals surface area contributed by atoms with Crippen molar-refractivity contribution < 1.29 is 18.7 Å². The van der Waals surface area contributed by atoms with Gasteiger partial charge in [-0.05, 0) is 38.1 Å². The molecule has 2 aliphatic heterocycles. The summed E-state index contributed by atoms with van der Waals surface area (Å²) in [4.78, 5) is 19.8. The Bertz CT molecular complexity index is 1030. The Balaban J connectivity index is 1.60. The van der Waals surface area contributed by atoms with Crippen molar-refractivity contribution >= 4 is 22.7 Å². The fraction of sp³-hybridized carbons (Fsp3) is 0.364. The minimum atomic E-state index is -0.188. The summed E-state index contributed by atoms with van der Waals surface area (Å²) >= 11 is 0. The first-order valence-corrected chi connectivity index (χ1v) is 9.70. The van der Waals surface area contributed by atoms with Crippen molar-refractivity contribution in [3.8, 4) is 0 Å². The van der Waals surface area contributed by atoms with E-state index in [4.69, 9.17) is 18.9 Å². The molecule has 2 aromatic rings. The van der Waals surface area contributed by atoms with Gasteiger partial charge in [0.2, 0.25) is 0 Å². The second kappa shape index (κ2) is 8.13. The number of hydrogen-bond donors (Lipinski definition) is 1. The summed E-state index contributed by atoms with van der Waals surface area (Å²) in [6.45, 7) is 7.06. The number of methoxy groups -OCH3 is 1. The molecule has 0 aliphatic carbocycles. The number of aliphatic imine (C=N–C) groups is 1. The van der Waals surface area contributed by atoms with Gasteiger partial charge in [-0.15, -0.1) is 0 Å². The molecule has 2 aliphatic rings. The smallest absolute Gasteiger partial charge is 0.256 e. The molecule has 0 atom stereocenters. The van der Waals surface area contributed by atoms with Crippen LogP contribution in [0.4, 0.5) is 0 Å². The lowest BCUT2D eigenvalue weighted by atomic mass is 10.1. The molecule has 1 saturated heterocycles. The molecule has 7 nitrogen and oxygen atoms in total. The fourth-order valence-electron chi connectivity index (χ4n) is 3.64. The molecule has 0 saturated carbocycles. The summed E-state index contributed by atoms with van der Waals surface area (Å²) < 4.78 is 16.3. The number of fused-ring (bicyclic) bond motifs is 1. The number of amidine groups is 1. The van der Waals surface area contributed by atoms with Gasteiger partial charge in [0.1, 0.15) is 11.4 Å². The lowest BCUT2D eigenvalue weighted by Crippen LogP contribution is -2.35. The monoisotopic (exact) mass is 395 g/mol. The van der Waals surface area contributed by atoms with Crippen LogP contribution in [0.25, 0.3) is 11.0 Å². The predicted octanol–water partition coefficient (Wildman–Crippen LogP) is 3.45. The van der Waals surface area contributed by atoms with Crippen molar-refractivity contribution in [1.82, 2.24) is 10.2 Å². The second-order valence-corrected chi connectivity index (χ2v) is 7.13. The normalized spacial score (nSPS) is 20.5. The Hall–Kier alpha value is -3.06. The second-order valence-electron chi connectivity index (χ2n) is 7.13. The maximum absolute atomic E-state index is 12.8. The minimum Gasteiger partial charge on any atom is -0.501 e. The molecule has 29 heavy (non-hydrogen) atoms. The molecule has 152 valence electrons. The van der Waals surface area contributed by atoms with Crippen LogP contribution in [0.1, 0.15) is 30.6 Å². The molecule has 0 bridgehead atoms. The third-order valence-corrected chi connectivity index (χ3v) is 5.41. The summed E-state index contributed by atoms with van der Waals surface area (Å²) in [6, 6.07) is 7.21. The predicted molar refractivity (Wildman–Crippen MR) is 111 cm³/mol. The molecule has 1 aromatic heterocycles. The molecular formula is C22H25N3O4. The topological polar surface area (TPSA) is 76.3 Å². The van der Waals surface area contributed by atoms with Gasteiger partial charge in [0.05, 0.1) is 38.0 Å². The van der Waals surface area contributed by atoms with E-state index < -0.39 is 0 Å². The Morgan fingerprint density at radius 1 is 1.21 bits per heavy atom. The van der Waals surface area contributed by atoms with Crippen molar-refractivity contribution in [3.05, 3.63) is 58.8 Å². The standard InChI is InChI=1S/C22H25N3O4/c1-14(25-7-10-28-11-8-25)21-18(15(2)27-3)13-20(23-21)24-22(26)17-4-5-19-16(12-17)6-9-29-19/h4-6,9,12H,7-8,10-11,13H2,1-3H3,(H,23,24,26)/b18-15+,21-14-. The molecule has 0 unspecified atom stereocenters. The zero-order valence-corrected chi connectivity index (χ0v) is 16.9. The number of nitrogens with one attached hydrogen (secondary N) is 1. The van der Waals surface area contributed by atoms with Crippen molar-refractivity contribution in [2.45, 2.75) is 20.3 Å². The van der Waals surface area contributed by atoms with E-state index in [2.05, 4.69) is 17.1 Å². The largest absolute Gasteiger partial charge is 0.501 e. The van der Waals surface area contributed by atoms with Crippen LogP contribution in [0.15, 0.2) is 62.7 Å². The van der Waals surface area contributed by atoms with Gasteiger partial charge >= 0.3 is 0 Å². The highest BCUT2D eigenvalue weighted by atomic mass is 16.5. The zero-order chi connectivity index (χ0) is 20.4. The first-order chi connectivity index (χ1) is 14.1. The number of morpholine rings is 1. The van der Waals surface area contributed by atoms with E-state index >= 15 is 0 Å². The summed E-state index contributed by atoms with van der Waals surface area (Å²) in [5.41, 5.74) is 4.26. The summed E-state index contributed by atoms with van der Waals surface area (Å²) in [5.74, 6) is 1.24. The average molecular weight is 395 g/mol. The average Bonchev–Trinajstić information content (AvgIpc) is 3.39. The molecule has 4 rings (SSSR count). The maximum atomic E-state index is 12.8. The number of hydrogen-bond acceptors (Lipinski definition) is 6. The van der Waals surface area contributed by atoms with E-state index in [0.717, 1.165) is 46.8 Å². The summed E-state index contributed by atoms with van der Waals surface area (Å²) in [7, 11) is 1.65. The number of furan rings is 1. The molecule has 1 N–H and O–H groups in total. The molecular weight excluding hydrogens is 370 g/mol. The van der Waals surface area contributed by atoms with Crippen molar-refractivity contribution in [2.75, 3.05) is 33.4 Å². The highest BCUT2D eigenvalue weighted by Gasteiger charge is 2.26. The van der Waals surface area contributed by atoms with Crippen LogP contribution in [0, 0.1) is 0 Å². The Morgan fingerprint density at radius 2 is 2.00 bits per heavy atom. The van der Waals surface area contributed by atoms with Gasteiger partial charge in [-0.25, -0.2) is 4.99 Å². The quantitative estimate of drug-likeness (QED) is 0.806. The van der Waals surface area contributed by atoms with Crippen molar-refractivity contribution in [1.29, 1.82) is 0 Å². The molecule has 1 fully saturated rings. The number of carbonyl (C=O) groups is 1. The summed E-state index contributed by atoms with van der Waals surface area (Å²) in [6.07, 6.45) is 2.14. The Labute approximate surface area is 169 Å². The van der Waals surface area contributed by atoms with Gasteiger partial charge in [0, 0.05) is 41.7 Å². The van der Waals surface area contributed by atoms with E-state index in [9.17, 15) is 4.79 Å². The lowest BCUT2D eigenvalue weighted by molar-refractivity contribution is 0.0533. The first kappa shape index (κ1) is 19.3. The van der Waals surface area contributed by atoms with Crippen molar-refractivity contribution in [3.63, 3.8) is 0 Å². The van der Waals surface area contributed by atoms with Crippen LogP contribution in [-0.4, -0.2) is 50.1 Å². The molecule has 3 heterocycles. The van der Waals surface area contributed by atoms with E-state index in [1.165, 1.54) is 0 Å². The molecule has 0 spiro atoms. The summed E-state index contributed by atoms with van der Waals surface area (Å²) in [5, 5.41) is 3.86. The van der Waals surface area contributed by atoms with Crippen LogP contribution >= 0.6 is 0 Å². The van der Waals surface area contributed by atoms with Crippen LogP contribution in [0.5, 0.6) is 0 Å². The number of carbonyl (C=O) groups excluding carboxylic acids is 1. The van der Waals surface area contributed by atoms with Crippen molar-refractivity contribution in [2.24, 2.45) is 4.99 Å². The Morgan fingerprint density at radius 3 is 2.76 bits per heavy atom. The third kappa shape index (κ3) is 3.91. The van der Waals surface area contributed by atoms with E-state index in [-0.39, 0.29) is 5.91 Å². The highest BCUT2D eigenvalue weighted by molar-refractivity contribution is 6.09. The number of nitrogens with zero attached hydrogens (tertiary/aromatic N) is 2. The number of ether oxygens (including phenoxy) is 2. The maximum Gasteiger partial charge on any atom is 0.256 e.